The predicted octanol–water partition coefficient (Wildman–Crippen LogP) is 4.53. The molecule has 1 aromatic heterocycles. The van der Waals surface area contributed by atoms with Gasteiger partial charge in [0.2, 0.25) is 0 Å². The SMILES string of the molecule is Cc1ccccc1CNc1ccc(C(=O)Nc2ccc(F)c(F)c2)cn1. The van der Waals surface area contributed by atoms with Crippen molar-refractivity contribution in [3.8, 4) is 0 Å². The molecule has 26 heavy (non-hydrogen) atoms. The van der Waals surface area contributed by atoms with Crippen LogP contribution in [0, 0.1) is 18.6 Å². The minimum atomic E-state index is -1.02. The topological polar surface area (TPSA) is 54.0 Å². The van der Waals surface area contributed by atoms with Gasteiger partial charge in [-0.1, -0.05) is 24.3 Å². The molecule has 0 saturated carbocycles. The van der Waals surface area contributed by atoms with E-state index in [2.05, 4.69) is 15.6 Å². The summed E-state index contributed by atoms with van der Waals surface area (Å²) in [6, 6.07) is 14.5. The Balaban J connectivity index is 1.62. The number of halogens is 2. The molecule has 3 aromatic rings. The molecular weight excluding hydrogens is 336 g/mol. The highest BCUT2D eigenvalue weighted by molar-refractivity contribution is 6.04. The number of carbonyl (C=O) groups excluding carboxylic acids is 1. The maximum Gasteiger partial charge on any atom is 0.257 e. The van der Waals surface area contributed by atoms with E-state index in [4.69, 9.17) is 0 Å². The average Bonchev–Trinajstić information content (AvgIpc) is 2.64. The van der Waals surface area contributed by atoms with Gasteiger partial charge in [0.1, 0.15) is 5.82 Å². The van der Waals surface area contributed by atoms with Crippen LogP contribution in [0.2, 0.25) is 0 Å². The number of anilines is 2. The van der Waals surface area contributed by atoms with Gasteiger partial charge in [0.25, 0.3) is 5.91 Å². The van der Waals surface area contributed by atoms with E-state index in [9.17, 15) is 13.6 Å². The lowest BCUT2D eigenvalue weighted by molar-refractivity contribution is 0.102. The maximum atomic E-state index is 13.2. The van der Waals surface area contributed by atoms with Crippen molar-refractivity contribution in [2.24, 2.45) is 0 Å². The third-order valence-electron chi connectivity index (χ3n) is 3.92. The predicted molar refractivity (Wildman–Crippen MR) is 97.1 cm³/mol. The highest BCUT2D eigenvalue weighted by atomic mass is 19.2. The van der Waals surface area contributed by atoms with Crippen LogP contribution in [0.1, 0.15) is 21.5 Å². The normalized spacial score (nSPS) is 10.4. The zero-order chi connectivity index (χ0) is 18.5. The molecule has 0 fully saturated rings. The number of nitrogens with zero attached hydrogens (tertiary/aromatic N) is 1. The van der Waals surface area contributed by atoms with E-state index < -0.39 is 17.5 Å². The Bertz CT molecular complexity index is 927. The van der Waals surface area contributed by atoms with Crippen LogP contribution in [0.3, 0.4) is 0 Å². The summed E-state index contributed by atoms with van der Waals surface area (Å²) in [6.45, 7) is 2.66. The summed E-state index contributed by atoms with van der Waals surface area (Å²) in [7, 11) is 0. The zero-order valence-electron chi connectivity index (χ0n) is 14.1. The minimum Gasteiger partial charge on any atom is -0.366 e. The first-order chi connectivity index (χ1) is 12.5. The Morgan fingerprint density at radius 1 is 1.04 bits per heavy atom. The van der Waals surface area contributed by atoms with E-state index in [0.717, 1.165) is 17.7 Å². The summed E-state index contributed by atoms with van der Waals surface area (Å²) >= 11 is 0. The van der Waals surface area contributed by atoms with Crippen molar-refractivity contribution in [2.75, 3.05) is 10.6 Å². The van der Waals surface area contributed by atoms with Gasteiger partial charge < -0.3 is 10.6 Å². The van der Waals surface area contributed by atoms with E-state index in [-0.39, 0.29) is 5.69 Å². The summed E-state index contributed by atoms with van der Waals surface area (Å²) in [5.74, 6) is -1.79. The monoisotopic (exact) mass is 353 g/mol. The lowest BCUT2D eigenvalue weighted by Crippen LogP contribution is -2.13. The molecule has 2 aromatic carbocycles. The molecular formula is C20H17F2N3O. The first-order valence-corrected chi connectivity index (χ1v) is 8.04. The Morgan fingerprint density at radius 2 is 1.85 bits per heavy atom. The molecule has 0 saturated heterocycles. The van der Waals surface area contributed by atoms with Gasteiger partial charge in [-0.05, 0) is 42.3 Å². The number of hydrogen-bond donors (Lipinski definition) is 2. The third-order valence-corrected chi connectivity index (χ3v) is 3.92. The van der Waals surface area contributed by atoms with Crippen LogP contribution in [0.25, 0.3) is 0 Å². The van der Waals surface area contributed by atoms with Crippen molar-refractivity contribution in [3.05, 3.63) is 89.1 Å². The van der Waals surface area contributed by atoms with Crippen LogP contribution < -0.4 is 10.6 Å². The molecule has 0 atom stereocenters. The molecule has 1 amide bonds. The molecule has 6 heteroatoms. The summed E-state index contributed by atoms with van der Waals surface area (Å²) < 4.78 is 26.1. The number of aromatic nitrogens is 1. The summed E-state index contributed by atoms with van der Waals surface area (Å²) in [5, 5.41) is 5.70. The number of rotatable bonds is 5. The number of amides is 1. The number of carbonyl (C=O) groups is 1. The van der Waals surface area contributed by atoms with Gasteiger partial charge in [-0.2, -0.15) is 0 Å². The molecule has 3 rings (SSSR count). The summed E-state index contributed by atoms with van der Waals surface area (Å²) in [6.07, 6.45) is 1.43. The lowest BCUT2D eigenvalue weighted by Gasteiger charge is -2.09. The number of aryl methyl sites for hydroxylation is 1. The lowest BCUT2D eigenvalue weighted by atomic mass is 10.1. The number of hydrogen-bond acceptors (Lipinski definition) is 3. The Kier molecular flexibility index (Phi) is 5.22. The zero-order valence-corrected chi connectivity index (χ0v) is 14.1. The van der Waals surface area contributed by atoms with Crippen LogP contribution >= 0.6 is 0 Å². The van der Waals surface area contributed by atoms with E-state index in [1.807, 2.05) is 31.2 Å². The quantitative estimate of drug-likeness (QED) is 0.708. The van der Waals surface area contributed by atoms with Crippen LogP contribution in [-0.4, -0.2) is 10.9 Å². The number of nitrogens with one attached hydrogen (secondary N) is 2. The van der Waals surface area contributed by atoms with Crippen LogP contribution in [0.15, 0.2) is 60.8 Å². The molecule has 0 aliphatic carbocycles. The summed E-state index contributed by atoms with van der Waals surface area (Å²) in [4.78, 5) is 16.4. The number of pyridine rings is 1. The number of benzene rings is 2. The fourth-order valence-electron chi connectivity index (χ4n) is 2.40. The fraction of sp³-hybridized carbons (Fsp3) is 0.100. The molecule has 132 valence electrons. The first kappa shape index (κ1) is 17.5. The van der Waals surface area contributed by atoms with E-state index in [0.29, 0.717) is 17.9 Å². The molecule has 4 nitrogen and oxygen atoms in total. The van der Waals surface area contributed by atoms with Gasteiger partial charge in [0.15, 0.2) is 11.6 Å². The maximum absolute atomic E-state index is 13.2. The van der Waals surface area contributed by atoms with Crippen molar-refractivity contribution in [1.29, 1.82) is 0 Å². The van der Waals surface area contributed by atoms with Gasteiger partial charge in [-0.3, -0.25) is 4.79 Å². The standard InChI is InChI=1S/C20H17F2N3O/c1-13-4-2-3-5-14(13)11-23-19-9-6-15(12-24-19)20(26)25-16-7-8-17(21)18(22)10-16/h2-10,12H,11H2,1H3,(H,23,24)(H,25,26). The third kappa shape index (κ3) is 4.22. The molecule has 0 radical (unpaired) electrons. The largest absolute Gasteiger partial charge is 0.366 e. The van der Waals surface area contributed by atoms with Crippen molar-refractivity contribution >= 4 is 17.4 Å². The van der Waals surface area contributed by atoms with Crippen molar-refractivity contribution in [1.82, 2.24) is 4.98 Å². The molecule has 0 aliphatic rings. The molecule has 2 N–H and O–H groups in total. The van der Waals surface area contributed by atoms with E-state index in [1.165, 1.54) is 17.8 Å². The minimum absolute atomic E-state index is 0.177. The molecule has 0 spiro atoms. The van der Waals surface area contributed by atoms with Crippen LogP contribution in [-0.2, 0) is 6.54 Å². The highest BCUT2D eigenvalue weighted by Crippen LogP contribution is 2.15. The van der Waals surface area contributed by atoms with Crippen LogP contribution in [0.5, 0.6) is 0 Å². The molecule has 0 bridgehead atoms. The van der Waals surface area contributed by atoms with E-state index in [1.54, 1.807) is 12.1 Å². The Morgan fingerprint density at radius 3 is 2.54 bits per heavy atom. The second-order valence-electron chi connectivity index (χ2n) is 5.80. The smallest absolute Gasteiger partial charge is 0.257 e. The van der Waals surface area contributed by atoms with Gasteiger partial charge in [0.05, 0.1) is 5.56 Å². The second kappa shape index (κ2) is 7.74. The summed E-state index contributed by atoms with van der Waals surface area (Å²) in [5.41, 5.74) is 2.84. The highest BCUT2D eigenvalue weighted by Gasteiger charge is 2.09. The van der Waals surface area contributed by atoms with Crippen molar-refractivity contribution in [2.45, 2.75) is 13.5 Å². The van der Waals surface area contributed by atoms with Gasteiger partial charge in [-0.25, -0.2) is 13.8 Å². The first-order valence-electron chi connectivity index (χ1n) is 8.04. The van der Waals surface area contributed by atoms with Crippen molar-refractivity contribution < 1.29 is 13.6 Å². The molecule has 0 aliphatic heterocycles. The fourth-order valence-corrected chi connectivity index (χ4v) is 2.40. The van der Waals surface area contributed by atoms with Gasteiger partial charge in [-0.15, -0.1) is 0 Å². The molecule has 0 unspecified atom stereocenters. The molecule has 1 heterocycles. The Labute approximate surface area is 149 Å². The average molecular weight is 353 g/mol. The van der Waals surface area contributed by atoms with Crippen molar-refractivity contribution in [3.63, 3.8) is 0 Å². The van der Waals surface area contributed by atoms with Gasteiger partial charge >= 0.3 is 0 Å². The Hall–Kier alpha value is -3.28. The van der Waals surface area contributed by atoms with E-state index >= 15 is 0 Å². The van der Waals surface area contributed by atoms with Crippen LogP contribution in [0.4, 0.5) is 20.3 Å². The second-order valence-corrected chi connectivity index (χ2v) is 5.80. The van der Waals surface area contributed by atoms with Gasteiger partial charge in [0, 0.05) is 24.5 Å².